The Bertz CT molecular complexity index is 604. The van der Waals surface area contributed by atoms with Crippen LogP contribution in [-0.4, -0.2) is 4.98 Å². The standard InChI is InChI=1S/C18H21N/c1-3-4-7-14-10-11-19-18(14)17-12-15-8-5-6-9-16(15)13(17)2/h5-6,8-13,19H,3-4,7H2,1-2H3. The molecule has 0 radical (unpaired) electrons. The van der Waals surface area contributed by atoms with E-state index in [9.17, 15) is 0 Å². The third kappa shape index (κ3) is 2.14. The number of hydrogen-bond donors (Lipinski definition) is 1. The van der Waals surface area contributed by atoms with Crippen molar-refractivity contribution in [2.24, 2.45) is 0 Å². The molecular weight excluding hydrogens is 230 g/mol. The van der Waals surface area contributed by atoms with Gasteiger partial charge in [0, 0.05) is 17.8 Å². The minimum absolute atomic E-state index is 0.496. The van der Waals surface area contributed by atoms with Gasteiger partial charge >= 0.3 is 0 Å². The van der Waals surface area contributed by atoms with E-state index in [0.717, 1.165) is 0 Å². The van der Waals surface area contributed by atoms with Gasteiger partial charge in [0.15, 0.2) is 0 Å². The molecule has 0 spiro atoms. The van der Waals surface area contributed by atoms with Crippen LogP contribution in [-0.2, 0) is 6.42 Å². The van der Waals surface area contributed by atoms with Crippen molar-refractivity contribution in [2.45, 2.75) is 39.0 Å². The predicted octanol–water partition coefficient (Wildman–Crippen LogP) is 5.02. The molecule has 1 aromatic carbocycles. The van der Waals surface area contributed by atoms with Gasteiger partial charge in [-0.3, -0.25) is 0 Å². The topological polar surface area (TPSA) is 15.8 Å². The van der Waals surface area contributed by atoms with Crippen LogP contribution in [0.4, 0.5) is 0 Å². The quantitative estimate of drug-likeness (QED) is 0.785. The van der Waals surface area contributed by atoms with E-state index in [2.05, 4.69) is 61.4 Å². The number of nitrogens with one attached hydrogen (secondary N) is 1. The molecule has 3 rings (SSSR count). The lowest BCUT2D eigenvalue weighted by atomic mass is 9.93. The van der Waals surface area contributed by atoms with Crippen molar-refractivity contribution in [1.82, 2.24) is 4.98 Å². The monoisotopic (exact) mass is 251 g/mol. The van der Waals surface area contributed by atoms with E-state index in [-0.39, 0.29) is 0 Å². The molecule has 1 aromatic heterocycles. The summed E-state index contributed by atoms with van der Waals surface area (Å²) in [4.78, 5) is 3.45. The highest BCUT2D eigenvalue weighted by atomic mass is 14.7. The molecule has 1 unspecified atom stereocenters. The van der Waals surface area contributed by atoms with Crippen LogP contribution in [0.5, 0.6) is 0 Å². The molecule has 0 bridgehead atoms. The van der Waals surface area contributed by atoms with Crippen LogP contribution >= 0.6 is 0 Å². The Hall–Kier alpha value is -1.76. The number of allylic oxidation sites excluding steroid dienone is 1. The SMILES string of the molecule is CCCCc1cc[nH]c1C1=Cc2ccccc2C1C. The zero-order chi connectivity index (χ0) is 13.2. The van der Waals surface area contributed by atoms with Gasteiger partial charge in [-0.2, -0.15) is 0 Å². The number of aromatic nitrogens is 1. The molecule has 1 nitrogen and oxygen atoms in total. The summed E-state index contributed by atoms with van der Waals surface area (Å²) in [5, 5.41) is 0. The summed E-state index contributed by atoms with van der Waals surface area (Å²) >= 11 is 0. The molecule has 0 fully saturated rings. The van der Waals surface area contributed by atoms with Crippen LogP contribution in [0.3, 0.4) is 0 Å². The number of hydrogen-bond acceptors (Lipinski definition) is 0. The lowest BCUT2D eigenvalue weighted by Crippen LogP contribution is -1.97. The summed E-state index contributed by atoms with van der Waals surface area (Å²) in [5.41, 5.74) is 7.08. The van der Waals surface area contributed by atoms with E-state index in [1.807, 2.05) is 0 Å². The number of rotatable bonds is 4. The van der Waals surface area contributed by atoms with E-state index in [4.69, 9.17) is 0 Å². The van der Waals surface area contributed by atoms with Gasteiger partial charge in [-0.25, -0.2) is 0 Å². The average Bonchev–Trinajstić information content (AvgIpc) is 3.01. The fourth-order valence-electron chi connectivity index (χ4n) is 3.03. The minimum Gasteiger partial charge on any atom is -0.361 e. The second-order valence-corrected chi connectivity index (χ2v) is 5.43. The molecule has 1 heterocycles. The molecule has 0 amide bonds. The number of H-pyrrole nitrogens is 1. The minimum atomic E-state index is 0.496. The van der Waals surface area contributed by atoms with Crippen LogP contribution in [0.25, 0.3) is 11.6 Å². The number of aromatic amines is 1. The van der Waals surface area contributed by atoms with Crippen LogP contribution in [0.1, 0.15) is 55.0 Å². The highest BCUT2D eigenvalue weighted by molar-refractivity contribution is 5.91. The lowest BCUT2D eigenvalue weighted by molar-refractivity contribution is 0.793. The van der Waals surface area contributed by atoms with Gasteiger partial charge in [0.1, 0.15) is 0 Å². The van der Waals surface area contributed by atoms with Crippen molar-refractivity contribution in [1.29, 1.82) is 0 Å². The fraction of sp³-hybridized carbons (Fsp3) is 0.333. The molecule has 1 atom stereocenters. The van der Waals surface area contributed by atoms with Gasteiger partial charge < -0.3 is 4.98 Å². The average molecular weight is 251 g/mol. The molecule has 0 saturated carbocycles. The predicted molar refractivity (Wildman–Crippen MR) is 82.1 cm³/mol. The van der Waals surface area contributed by atoms with E-state index >= 15 is 0 Å². The van der Waals surface area contributed by atoms with E-state index in [1.54, 1.807) is 0 Å². The Labute approximate surface area is 115 Å². The molecular formula is C18H21N. The van der Waals surface area contributed by atoms with Crippen molar-refractivity contribution in [3.63, 3.8) is 0 Å². The number of fused-ring (bicyclic) bond motifs is 1. The molecule has 0 aliphatic heterocycles. The van der Waals surface area contributed by atoms with Crippen LogP contribution in [0, 0.1) is 0 Å². The van der Waals surface area contributed by atoms with Gasteiger partial charge in [0.2, 0.25) is 0 Å². The van der Waals surface area contributed by atoms with Crippen molar-refractivity contribution in [3.8, 4) is 0 Å². The zero-order valence-corrected chi connectivity index (χ0v) is 11.7. The normalized spacial score (nSPS) is 17.4. The molecule has 98 valence electrons. The molecule has 1 aliphatic rings. The molecule has 1 N–H and O–H groups in total. The summed E-state index contributed by atoms with van der Waals surface area (Å²) < 4.78 is 0. The maximum Gasteiger partial charge on any atom is 0.0451 e. The van der Waals surface area contributed by atoms with Gasteiger partial charge in [0.05, 0.1) is 0 Å². The largest absolute Gasteiger partial charge is 0.361 e. The first-order chi connectivity index (χ1) is 9.31. The number of unbranched alkanes of at least 4 members (excludes halogenated alkanes) is 1. The maximum atomic E-state index is 3.45. The summed E-state index contributed by atoms with van der Waals surface area (Å²) in [6.45, 7) is 4.56. The van der Waals surface area contributed by atoms with Crippen LogP contribution in [0.15, 0.2) is 36.5 Å². The van der Waals surface area contributed by atoms with Gasteiger partial charge in [-0.15, -0.1) is 0 Å². The summed E-state index contributed by atoms with van der Waals surface area (Å²) in [5.74, 6) is 0.496. The molecule has 1 aliphatic carbocycles. The fourth-order valence-corrected chi connectivity index (χ4v) is 3.03. The Morgan fingerprint density at radius 2 is 2.00 bits per heavy atom. The number of aryl methyl sites for hydroxylation is 1. The molecule has 2 aromatic rings. The Morgan fingerprint density at radius 3 is 2.79 bits per heavy atom. The Kier molecular flexibility index (Phi) is 3.29. The van der Waals surface area contributed by atoms with Crippen LogP contribution < -0.4 is 0 Å². The van der Waals surface area contributed by atoms with Gasteiger partial charge in [-0.1, -0.05) is 44.5 Å². The third-order valence-electron chi connectivity index (χ3n) is 4.16. The molecule has 19 heavy (non-hydrogen) atoms. The second-order valence-electron chi connectivity index (χ2n) is 5.43. The lowest BCUT2D eigenvalue weighted by Gasteiger charge is -2.12. The maximum absolute atomic E-state index is 3.45. The van der Waals surface area contributed by atoms with Gasteiger partial charge in [0.25, 0.3) is 0 Å². The summed E-state index contributed by atoms with van der Waals surface area (Å²) in [6, 6.07) is 11.0. The third-order valence-corrected chi connectivity index (χ3v) is 4.16. The Balaban J connectivity index is 1.95. The van der Waals surface area contributed by atoms with Crippen molar-refractivity contribution >= 4 is 11.6 Å². The molecule has 0 saturated heterocycles. The summed E-state index contributed by atoms with van der Waals surface area (Å²) in [7, 11) is 0. The summed E-state index contributed by atoms with van der Waals surface area (Å²) in [6.07, 6.45) is 8.12. The van der Waals surface area contributed by atoms with E-state index in [0.29, 0.717) is 5.92 Å². The van der Waals surface area contributed by atoms with Crippen molar-refractivity contribution in [2.75, 3.05) is 0 Å². The van der Waals surface area contributed by atoms with E-state index in [1.165, 1.54) is 47.2 Å². The molecule has 1 heteroatoms. The van der Waals surface area contributed by atoms with Crippen molar-refractivity contribution in [3.05, 3.63) is 58.9 Å². The zero-order valence-electron chi connectivity index (χ0n) is 11.7. The van der Waals surface area contributed by atoms with Crippen molar-refractivity contribution < 1.29 is 0 Å². The van der Waals surface area contributed by atoms with Gasteiger partial charge in [-0.05, 0) is 47.2 Å². The van der Waals surface area contributed by atoms with E-state index < -0.39 is 0 Å². The van der Waals surface area contributed by atoms with Crippen LogP contribution in [0.2, 0.25) is 0 Å². The second kappa shape index (κ2) is 5.08. The highest BCUT2D eigenvalue weighted by Crippen LogP contribution is 2.41. The first-order valence-electron chi connectivity index (χ1n) is 7.28. The first kappa shape index (κ1) is 12.3. The smallest absolute Gasteiger partial charge is 0.0451 e. The first-order valence-corrected chi connectivity index (χ1v) is 7.28. The Morgan fingerprint density at radius 1 is 1.16 bits per heavy atom. The highest BCUT2D eigenvalue weighted by Gasteiger charge is 2.23. The number of benzene rings is 1.